The van der Waals surface area contributed by atoms with Crippen LogP contribution in [0.3, 0.4) is 0 Å². The molecule has 1 aliphatic rings. The first kappa shape index (κ1) is 16.9. The number of sulfonamides is 1. The molecule has 0 aromatic heterocycles. The molecule has 2 N–H and O–H groups in total. The Balaban J connectivity index is 2.15. The fourth-order valence-electron chi connectivity index (χ4n) is 2.55. The van der Waals surface area contributed by atoms with Crippen molar-refractivity contribution < 1.29 is 18.3 Å². The molecule has 1 aliphatic carbocycles. The van der Waals surface area contributed by atoms with E-state index in [1.54, 1.807) is 6.07 Å². The van der Waals surface area contributed by atoms with Crippen molar-refractivity contribution in [3.63, 3.8) is 0 Å². The normalized spacial score (nSPS) is 22.0. The van der Waals surface area contributed by atoms with E-state index in [0.29, 0.717) is 30.2 Å². The molecule has 1 aromatic carbocycles. The fraction of sp³-hybridized carbons (Fsp3) is 0.429. The van der Waals surface area contributed by atoms with Crippen LogP contribution in [0.25, 0.3) is 0 Å². The molecule has 0 heterocycles. The number of aliphatic carboxylic acids is 1. The highest BCUT2D eigenvalue weighted by atomic mass is 79.9. The molecular weight excluding hydrogens is 372 g/mol. The summed E-state index contributed by atoms with van der Waals surface area (Å²) >= 11 is 3.20. The Labute approximate surface area is 137 Å². The van der Waals surface area contributed by atoms with Crippen molar-refractivity contribution in [1.82, 2.24) is 4.72 Å². The van der Waals surface area contributed by atoms with Gasteiger partial charge in [0.15, 0.2) is 0 Å². The summed E-state index contributed by atoms with van der Waals surface area (Å²) in [4.78, 5) is 10.8. The maximum atomic E-state index is 12.4. The van der Waals surface area contributed by atoms with Crippen LogP contribution in [0.1, 0.15) is 31.2 Å². The Morgan fingerprint density at radius 1 is 1.32 bits per heavy atom. The van der Waals surface area contributed by atoms with E-state index in [9.17, 15) is 13.2 Å². The van der Waals surface area contributed by atoms with Crippen LogP contribution < -0.4 is 4.72 Å². The Morgan fingerprint density at radius 3 is 2.50 bits per heavy atom. The quantitative estimate of drug-likeness (QED) is 0.824. The van der Waals surface area contributed by atoms with Gasteiger partial charge in [-0.25, -0.2) is 13.1 Å². The van der Waals surface area contributed by atoms with Gasteiger partial charge in [-0.15, -0.1) is 0 Å². The van der Waals surface area contributed by atoms with E-state index in [1.807, 2.05) is 6.07 Å². The van der Waals surface area contributed by atoms with E-state index in [-0.39, 0.29) is 16.5 Å². The molecule has 0 bridgehead atoms. The Hall–Kier alpha value is -1.43. The van der Waals surface area contributed by atoms with Crippen molar-refractivity contribution in [2.24, 2.45) is 5.92 Å². The zero-order valence-electron chi connectivity index (χ0n) is 11.6. The minimum atomic E-state index is -3.81. The van der Waals surface area contributed by atoms with Gasteiger partial charge in [-0.05, 0) is 43.9 Å². The minimum Gasteiger partial charge on any atom is -0.481 e. The molecular formula is C14H15BrN2O4S. The van der Waals surface area contributed by atoms with Gasteiger partial charge in [-0.3, -0.25) is 4.79 Å². The molecule has 0 unspecified atom stereocenters. The molecule has 1 aromatic rings. The van der Waals surface area contributed by atoms with Crippen molar-refractivity contribution in [3.8, 4) is 6.07 Å². The largest absolute Gasteiger partial charge is 0.481 e. The van der Waals surface area contributed by atoms with Gasteiger partial charge in [0.2, 0.25) is 10.0 Å². The SMILES string of the molecule is N#Cc1ccc(Br)cc1S(=O)(=O)NC1CCC(C(=O)O)CC1. The van der Waals surface area contributed by atoms with Crippen molar-refractivity contribution >= 4 is 31.9 Å². The molecule has 0 radical (unpaired) electrons. The van der Waals surface area contributed by atoms with Crippen molar-refractivity contribution in [2.45, 2.75) is 36.6 Å². The van der Waals surface area contributed by atoms with Crippen molar-refractivity contribution in [1.29, 1.82) is 5.26 Å². The number of carboxylic acids is 1. The standard InChI is InChI=1S/C14H15BrN2O4S/c15-11-4-1-10(8-16)13(7-11)22(20,21)17-12-5-2-9(3-6-12)14(18)19/h1,4,7,9,12,17H,2-3,5-6H2,(H,18,19). The van der Waals surface area contributed by atoms with Gasteiger partial charge < -0.3 is 5.11 Å². The second kappa shape index (κ2) is 6.77. The summed E-state index contributed by atoms with van der Waals surface area (Å²) in [5.74, 6) is -1.23. The molecule has 1 saturated carbocycles. The smallest absolute Gasteiger partial charge is 0.306 e. The fourth-order valence-corrected chi connectivity index (χ4v) is 4.55. The lowest BCUT2D eigenvalue weighted by Crippen LogP contribution is -2.38. The number of halogens is 1. The average molecular weight is 387 g/mol. The molecule has 2 rings (SSSR count). The number of hydrogen-bond donors (Lipinski definition) is 2. The van der Waals surface area contributed by atoms with Gasteiger partial charge in [0.25, 0.3) is 0 Å². The summed E-state index contributed by atoms with van der Waals surface area (Å²) in [6.45, 7) is 0. The highest BCUT2D eigenvalue weighted by molar-refractivity contribution is 9.10. The van der Waals surface area contributed by atoms with E-state index in [2.05, 4.69) is 20.7 Å². The molecule has 0 spiro atoms. The molecule has 0 aliphatic heterocycles. The lowest BCUT2D eigenvalue weighted by atomic mass is 9.87. The predicted molar refractivity (Wildman–Crippen MR) is 82.6 cm³/mol. The summed E-state index contributed by atoms with van der Waals surface area (Å²) in [5.41, 5.74) is 0.0786. The van der Waals surface area contributed by atoms with Gasteiger partial charge in [0.1, 0.15) is 11.0 Å². The first-order valence-corrected chi connectivity index (χ1v) is 9.06. The van der Waals surface area contributed by atoms with E-state index >= 15 is 0 Å². The Bertz CT molecular complexity index is 719. The van der Waals surface area contributed by atoms with Crippen LogP contribution >= 0.6 is 15.9 Å². The molecule has 1 fully saturated rings. The van der Waals surface area contributed by atoms with E-state index in [4.69, 9.17) is 10.4 Å². The number of nitrogens with one attached hydrogen (secondary N) is 1. The van der Waals surface area contributed by atoms with Gasteiger partial charge in [-0.2, -0.15) is 5.26 Å². The molecule has 6 nitrogen and oxygen atoms in total. The van der Waals surface area contributed by atoms with E-state index < -0.39 is 21.9 Å². The number of carbonyl (C=O) groups is 1. The van der Waals surface area contributed by atoms with Gasteiger partial charge >= 0.3 is 5.97 Å². The van der Waals surface area contributed by atoms with Crippen LogP contribution in [0.5, 0.6) is 0 Å². The lowest BCUT2D eigenvalue weighted by Gasteiger charge is -2.26. The van der Waals surface area contributed by atoms with Crippen LogP contribution in [0.2, 0.25) is 0 Å². The third-order valence-electron chi connectivity index (χ3n) is 3.75. The molecule has 0 saturated heterocycles. The number of carboxylic acid groups (broad SMARTS) is 1. The third-order valence-corrected chi connectivity index (χ3v) is 5.81. The Morgan fingerprint density at radius 2 is 1.95 bits per heavy atom. The lowest BCUT2D eigenvalue weighted by molar-refractivity contribution is -0.142. The molecule has 22 heavy (non-hydrogen) atoms. The number of nitriles is 1. The van der Waals surface area contributed by atoms with Crippen LogP contribution in [-0.2, 0) is 14.8 Å². The van der Waals surface area contributed by atoms with E-state index in [1.165, 1.54) is 12.1 Å². The second-order valence-electron chi connectivity index (χ2n) is 5.26. The molecule has 0 amide bonds. The third kappa shape index (κ3) is 3.85. The summed E-state index contributed by atoms with van der Waals surface area (Å²) in [6, 6.07) is 6.01. The van der Waals surface area contributed by atoms with Crippen molar-refractivity contribution in [3.05, 3.63) is 28.2 Å². The zero-order chi connectivity index (χ0) is 16.3. The maximum absolute atomic E-state index is 12.4. The Kier molecular flexibility index (Phi) is 5.21. The second-order valence-corrected chi connectivity index (χ2v) is 7.86. The number of nitrogens with zero attached hydrogens (tertiary/aromatic N) is 1. The number of benzene rings is 1. The van der Waals surface area contributed by atoms with Crippen molar-refractivity contribution in [2.75, 3.05) is 0 Å². The van der Waals surface area contributed by atoms with Gasteiger partial charge in [-0.1, -0.05) is 15.9 Å². The van der Waals surface area contributed by atoms with Crippen LogP contribution in [-0.4, -0.2) is 25.5 Å². The summed E-state index contributed by atoms with van der Waals surface area (Å²) < 4.78 is 28.0. The molecule has 118 valence electrons. The van der Waals surface area contributed by atoms with Crippen LogP contribution in [0.15, 0.2) is 27.6 Å². The molecule has 0 atom stereocenters. The highest BCUT2D eigenvalue weighted by Crippen LogP contribution is 2.27. The predicted octanol–water partition coefficient (Wildman–Crippen LogP) is 2.24. The molecule has 8 heteroatoms. The zero-order valence-corrected chi connectivity index (χ0v) is 14.0. The maximum Gasteiger partial charge on any atom is 0.306 e. The number of hydrogen-bond acceptors (Lipinski definition) is 4. The first-order valence-electron chi connectivity index (χ1n) is 6.78. The monoisotopic (exact) mass is 386 g/mol. The van der Waals surface area contributed by atoms with Gasteiger partial charge in [0, 0.05) is 10.5 Å². The minimum absolute atomic E-state index is 0.0651. The first-order chi connectivity index (χ1) is 10.3. The van der Waals surface area contributed by atoms with Crippen LogP contribution in [0.4, 0.5) is 0 Å². The highest BCUT2D eigenvalue weighted by Gasteiger charge is 2.29. The van der Waals surface area contributed by atoms with Crippen LogP contribution in [0, 0.1) is 17.2 Å². The average Bonchev–Trinajstić information content (AvgIpc) is 2.47. The number of rotatable bonds is 4. The van der Waals surface area contributed by atoms with Gasteiger partial charge in [0.05, 0.1) is 11.5 Å². The summed E-state index contributed by atoms with van der Waals surface area (Å²) in [7, 11) is -3.81. The summed E-state index contributed by atoms with van der Waals surface area (Å²) in [6.07, 6.45) is 1.86. The van der Waals surface area contributed by atoms with E-state index in [0.717, 1.165) is 0 Å². The summed E-state index contributed by atoms with van der Waals surface area (Å²) in [5, 5.41) is 18.0. The topological polar surface area (TPSA) is 107 Å².